The lowest BCUT2D eigenvalue weighted by Crippen LogP contribution is -1.95. The van der Waals surface area contributed by atoms with E-state index in [2.05, 4.69) is 15.9 Å². The molecule has 0 saturated heterocycles. The molecule has 0 heterocycles. The van der Waals surface area contributed by atoms with Gasteiger partial charge < -0.3 is 10.5 Å². The molecule has 106 valence electrons. The van der Waals surface area contributed by atoms with Crippen LogP contribution in [0, 0.1) is 0 Å². The zero-order valence-corrected chi connectivity index (χ0v) is 12.9. The molecule has 7 heteroatoms. The average Bonchev–Trinajstić information content (AvgIpc) is 2.37. The second-order valence-electron chi connectivity index (χ2n) is 3.90. The summed E-state index contributed by atoms with van der Waals surface area (Å²) in [5, 5.41) is 0.608. The van der Waals surface area contributed by atoms with E-state index in [1.165, 1.54) is 24.3 Å². The van der Waals surface area contributed by atoms with Gasteiger partial charge in [-0.25, -0.2) is 8.78 Å². The van der Waals surface area contributed by atoms with Crippen LogP contribution >= 0.6 is 39.1 Å². The van der Waals surface area contributed by atoms with Crippen LogP contribution in [0.15, 0.2) is 34.8 Å². The smallest absolute Gasteiger partial charge is 0.267 e. The molecule has 0 aliphatic rings. The number of anilines is 1. The van der Waals surface area contributed by atoms with Gasteiger partial charge in [0.05, 0.1) is 15.6 Å². The molecule has 0 spiro atoms. The molecule has 0 bridgehead atoms. The van der Waals surface area contributed by atoms with Crippen LogP contribution in [0.4, 0.5) is 14.5 Å². The maximum Gasteiger partial charge on any atom is 0.267 e. The molecule has 0 radical (unpaired) electrons. The Hall–Kier alpha value is -1.04. The van der Waals surface area contributed by atoms with Gasteiger partial charge in [0.15, 0.2) is 0 Å². The fourth-order valence-corrected chi connectivity index (χ4v) is 2.36. The molecule has 2 nitrogen and oxygen atoms in total. The number of ether oxygens (including phenoxy) is 1. The molecule has 2 aromatic rings. The van der Waals surface area contributed by atoms with Crippen molar-refractivity contribution in [3.05, 3.63) is 50.4 Å². The van der Waals surface area contributed by atoms with Gasteiger partial charge in [-0.1, -0.05) is 23.2 Å². The van der Waals surface area contributed by atoms with Crippen LogP contribution in [-0.2, 0) is 0 Å². The standard InChI is InChI=1S/C13H8BrCl2F2NO/c14-8-4-10(16)12(5-9(8)15)20-11-2-1-6(19)3-7(11)13(17)18/h1-5,13H,19H2. The van der Waals surface area contributed by atoms with Crippen molar-refractivity contribution in [2.75, 3.05) is 5.73 Å². The molecule has 0 aromatic heterocycles. The van der Waals surface area contributed by atoms with Crippen LogP contribution in [-0.4, -0.2) is 0 Å². The topological polar surface area (TPSA) is 35.2 Å². The first kappa shape index (κ1) is 15.4. The lowest BCUT2D eigenvalue weighted by Gasteiger charge is -2.13. The van der Waals surface area contributed by atoms with Crippen LogP contribution in [0.25, 0.3) is 0 Å². The van der Waals surface area contributed by atoms with Gasteiger partial charge in [-0.3, -0.25) is 0 Å². The predicted octanol–water partition coefficient (Wildman–Crippen LogP) is 6.07. The Labute approximate surface area is 132 Å². The summed E-state index contributed by atoms with van der Waals surface area (Å²) in [7, 11) is 0. The number of nitrogen functional groups attached to an aromatic ring is 1. The van der Waals surface area contributed by atoms with Gasteiger partial charge in [0.25, 0.3) is 6.43 Å². The minimum absolute atomic E-state index is 0.0190. The van der Waals surface area contributed by atoms with Crippen molar-refractivity contribution in [3.8, 4) is 11.5 Å². The van der Waals surface area contributed by atoms with Crippen LogP contribution in [0.3, 0.4) is 0 Å². The normalized spacial score (nSPS) is 10.9. The summed E-state index contributed by atoms with van der Waals surface area (Å²) < 4.78 is 31.9. The van der Waals surface area contributed by atoms with Crippen LogP contribution in [0.5, 0.6) is 11.5 Å². The summed E-state index contributed by atoms with van der Waals surface area (Å²) in [6.45, 7) is 0. The first-order chi connectivity index (χ1) is 9.38. The van der Waals surface area contributed by atoms with Gasteiger partial charge in [-0.05, 0) is 40.2 Å². The Balaban J connectivity index is 2.42. The molecule has 20 heavy (non-hydrogen) atoms. The van der Waals surface area contributed by atoms with Crippen LogP contribution in [0.1, 0.15) is 12.0 Å². The SMILES string of the molecule is Nc1ccc(Oc2cc(Cl)c(Br)cc2Cl)c(C(F)F)c1. The maximum absolute atomic E-state index is 13.0. The van der Waals surface area contributed by atoms with Crippen LogP contribution < -0.4 is 10.5 Å². The fraction of sp³-hybridized carbons (Fsp3) is 0.0769. The second-order valence-corrected chi connectivity index (χ2v) is 5.57. The molecular weight excluding hydrogens is 375 g/mol. The third kappa shape index (κ3) is 3.34. The second kappa shape index (κ2) is 6.16. The number of benzene rings is 2. The van der Waals surface area contributed by atoms with Crippen molar-refractivity contribution in [3.63, 3.8) is 0 Å². The van der Waals surface area contributed by atoms with Crippen molar-refractivity contribution in [1.29, 1.82) is 0 Å². The molecule has 0 unspecified atom stereocenters. The highest BCUT2D eigenvalue weighted by Gasteiger charge is 2.17. The van der Waals surface area contributed by atoms with Gasteiger partial charge in [-0.15, -0.1) is 0 Å². The minimum atomic E-state index is -2.71. The Morgan fingerprint density at radius 3 is 2.40 bits per heavy atom. The molecule has 2 rings (SSSR count). The lowest BCUT2D eigenvalue weighted by molar-refractivity contribution is 0.148. The third-order valence-corrected chi connectivity index (χ3v) is 3.96. The number of hydrogen-bond donors (Lipinski definition) is 1. The van der Waals surface area contributed by atoms with Gasteiger partial charge in [-0.2, -0.15) is 0 Å². The predicted molar refractivity (Wildman–Crippen MR) is 80.0 cm³/mol. The largest absolute Gasteiger partial charge is 0.455 e. The minimum Gasteiger partial charge on any atom is -0.455 e. The molecule has 0 fully saturated rings. The van der Waals surface area contributed by atoms with E-state index in [0.29, 0.717) is 9.50 Å². The zero-order valence-electron chi connectivity index (χ0n) is 9.84. The fourth-order valence-electron chi connectivity index (χ4n) is 1.53. The molecule has 2 N–H and O–H groups in total. The van der Waals surface area contributed by atoms with E-state index in [1.54, 1.807) is 0 Å². The number of hydrogen-bond acceptors (Lipinski definition) is 2. The molecule has 0 aliphatic heterocycles. The van der Waals surface area contributed by atoms with Gasteiger partial charge >= 0.3 is 0 Å². The average molecular weight is 383 g/mol. The monoisotopic (exact) mass is 381 g/mol. The highest BCUT2D eigenvalue weighted by molar-refractivity contribution is 9.10. The van der Waals surface area contributed by atoms with E-state index >= 15 is 0 Å². The lowest BCUT2D eigenvalue weighted by atomic mass is 10.2. The first-order valence-corrected chi connectivity index (χ1v) is 6.93. The molecule has 0 atom stereocenters. The van der Waals surface area contributed by atoms with Crippen molar-refractivity contribution < 1.29 is 13.5 Å². The number of rotatable bonds is 3. The van der Waals surface area contributed by atoms with Crippen molar-refractivity contribution in [2.45, 2.75) is 6.43 Å². The van der Waals surface area contributed by atoms with E-state index in [0.717, 1.165) is 6.07 Å². The van der Waals surface area contributed by atoms with Crippen molar-refractivity contribution in [2.24, 2.45) is 0 Å². The molecule has 0 saturated carbocycles. The first-order valence-electron chi connectivity index (χ1n) is 5.38. The van der Waals surface area contributed by atoms with Crippen LogP contribution in [0.2, 0.25) is 10.0 Å². The molecular formula is C13H8BrCl2F2NO. The summed E-state index contributed by atoms with van der Waals surface area (Å²) in [4.78, 5) is 0. The van der Waals surface area contributed by atoms with Gasteiger partial charge in [0.2, 0.25) is 0 Å². The number of halogens is 5. The van der Waals surface area contributed by atoms with Crippen molar-refractivity contribution >= 4 is 44.8 Å². The number of alkyl halides is 2. The summed E-state index contributed by atoms with van der Waals surface area (Å²) >= 11 is 15.1. The summed E-state index contributed by atoms with van der Waals surface area (Å²) in [6, 6.07) is 6.96. The maximum atomic E-state index is 13.0. The zero-order chi connectivity index (χ0) is 14.9. The quantitative estimate of drug-likeness (QED) is 0.516. The highest BCUT2D eigenvalue weighted by Crippen LogP contribution is 2.39. The van der Waals surface area contributed by atoms with E-state index in [-0.39, 0.29) is 27.8 Å². The summed E-state index contributed by atoms with van der Waals surface area (Å²) in [5.74, 6) is 0.168. The summed E-state index contributed by atoms with van der Waals surface area (Å²) in [6.07, 6.45) is -2.71. The van der Waals surface area contributed by atoms with E-state index in [4.69, 9.17) is 33.7 Å². The van der Waals surface area contributed by atoms with Gasteiger partial charge in [0.1, 0.15) is 11.5 Å². The Morgan fingerprint density at radius 1 is 1.05 bits per heavy atom. The number of nitrogens with two attached hydrogens (primary N) is 1. The third-order valence-electron chi connectivity index (χ3n) is 2.46. The summed E-state index contributed by atoms with van der Waals surface area (Å²) in [5.41, 5.74) is 5.41. The Bertz CT molecular complexity index is 653. The molecule has 0 aliphatic carbocycles. The van der Waals surface area contributed by atoms with E-state index in [1.807, 2.05) is 0 Å². The Morgan fingerprint density at radius 2 is 1.75 bits per heavy atom. The molecule has 0 amide bonds. The Kier molecular flexibility index (Phi) is 4.73. The highest BCUT2D eigenvalue weighted by atomic mass is 79.9. The molecule has 2 aromatic carbocycles. The van der Waals surface area contributed by atoms with E-state index < -0.39 is 6.43 Å². The van der Waals surface area contributed by atoms with Crippen molar-refractivity contribution in [1.82, 2.24) is 0 Å². The van der Waals surface area contributed by atoms with E-state index in [9.17, 15) is 8.78 Å². The van der Waals surface area contributed by atoms with Gasteiger partial charge in [0, 0.05) is 16.2 Å².